The van der Waals surface area contributed by atoms with Gasteiger partial charge in [-0.2, -0.15) is 9.19 Å². The number of benzene rings is 1. The van der Waals surface area contributed by atoms with Crippen LogP contribution < -0.4 is 0 Å². The van der Waals surface area contributed by atoms with E-state index in [-0.39, 0.29) is 5.56 Å². The van der Waals surface area contributed by atoms with Crippen molar-refractivity contribution in [1.29, 1.82) is 0 Å². The highest BCUT2D eigenvalue weighted by Gasteiger charge is 2.21. The number of nitrogens with zero attached hydrogens (tertiary/aromatic N) is 2. The first-order chi connectivity index (χ1) is 9.34. The summed E-state index contributed by atoms with van der Waals surface area (Å²) < 4.78 is 24.8. The van der Waals surface area contributed by atoms with E-state index in [1.54, 1.807) is 32.0 Å². The minimum absolute atomic E-state index is 0.106. The van der Waals surface area contributed by atoms with Gasteiger partial charge in [0.25, 0.3) is 10.0 Å². The highest BCUT2D eigenvalue weighted by Crippen LogP contribution is 2.24. The fraction of sp³-hybridized carbons (Fsp3) is 0.231. The van der Waals surface area contributed by atoms with Crippen LogP contribution in [0.15, 0.2) is 36.7 Å². The van der Waals surface area contributed by atoms with Crippen molar-refractivity contribution in [3.63, 3.8) is 0 Å². The summed E-state index contributed by atoms with van der Waals surface area (Å²) in [5.41, 5.74) is 0.992. The molecular formula is C13H14N2O4S. The monoisotopic (exact) mass is 294 g/mol. The van der Waals surface area contributed by atoms with Gasteiger partial charge in [0.2, 0.25) is 0 Å². The molecule has 0 aliphatic rings. The van der Waals surface area contributed by atoms with Gasteiger partial charge in [-0.3, -0.25) is 0 Å². The molecule has 0 spiro atoms. The quantitative estimate of drug-likeness (QED) is 0.929. The average molecular weight is 294 g/mol. The molecule has 0 radical (unpaired) electrons. The van der Waals surface area contributed by atoms with Crippen LogP contribution >= 0.6 is 0 Å². The first kappa shape index (κ1) is 14.3. The van der Waals surface area contributed by atoms with Crippen LogP contribution in [0.25, 0.3) is 11.1 Å². The van der Waals surface area contributed by atoms with E-state index in [0.717, 1.165) is 4.09 Å². The summed E-state index contributed by atoms with van der Waals surface area (Å²) in [5, 5.41) is 12.4. The Balaban J connectivity index is 2.53. The summed E-state index contributed by atoms with van der Waals surface area (Å²) in [7, 11) is -3.54. The van der Waals surface area contributed by atoms with E-state index in [0.29, 0.717) is 11.1 Å². The zero-order valence-corrected chi connectivity index (χ0v) is 11.8. The Morgan fingerprint density at radius 2 is 1.95 bits per heavy atom. The van der Waals surface area contributed by atoms with E-state index in [2.05, 4.69) is 5.10 Å². The number of aromatic nitrogens is 2. The van der Waals surface area contributed by atoms with Crippen molar-refractivity contribution >= 4 is 16.0 Å². The van der Waals surface area contributed by atoms with Crippen molar-refractivity contribution < 1.29 is 18.3 Å². The molecule has 20 heavy (non-hydrogen) atoms. The number of carboxylic acids is 1. The van der Waals surface area contributed by atoms with Crippen LogP contribution in [-0.2, 0) is 10.0 Å². The summed E-state index contributed by atoms with van der Waals surface area (Å²) in [6.45, 7) is 3.11. The van der Waals surface area contributed by atoms with Crippen molar-refractivity contribution in [2.45, 2.75) is 19.1 Å². The molecule has 2 aromatic rings. The van der Waals surface area contributed by atoms with Crippen LogP contribution in [0.1, 0.15) is 24.2 Å². The van der Waals surface area contributed by atoms with Crippen LogP contribution in [-0.4, -0.2) is 33.9 Å². The highest BCUT2D eigenvalue weighted by molar-refractivity contribution is 7.90. The minimum atomic E-state index is -3.54. The van der Waals surface area contributed by atoms with Gasteiger partial charge in [0.05, 0.1) is 23.2 Å². The third-order valence-corrected chi connectivity index (χ3v) is 4.80. The Morgan fingerprint density at radius 1 is 1.30 bits per heavy atom. The van der Waals surface area contributed by atoms with Gasteiger partial charge >= 0.3 is 5.97 Å². The summed E-state index contributed by atoms with van der Waals surface area (Å²) in [6.07, 6.45) is 2.68. The van der Waals surface area contributed by atoms with Crippen molar-refractivity contribution in [1.82, 2.24) is 9.19 Å². The maximum Gasteiger partial charge on any atom is 0.336 e. The third-order valence-electron chi connectivity index (χ3n) is 2.89. The van der Waals surface area contributed by atoms with Gasteiger partial charge in [0, 0.05) is 5.56 Å². The zero-order chi connectivity index (χ0) is 14.9. The molecule has 0 atom stereocenters. The topological polar surface area (TPSA) is 89.3 Å². The summed E-state index contributed by atoms with van der Waals surface area (Å²) in [6, 6.07) is 6.39. The van der Waals surface area contributed by atoms with E-state index in [1.165, 1.54) is 18.5 Å². The van der Waals surface area contributed by atoms with E-state index in [1.807, 2.05) is 0 Å². The molecule has 1 aromatic carbocycles. The summed E-state index contributed by atoms with van der Waals surface area (Å²) in [5.74, 6) is -1.07. The van der Waals surface area contributed by atoms with Crippen molar-refractivity contribution in [2.75, 3.05) is 0 Å². The number of hydrogen-bond donors (Lipinski definition) is 1. The van der Waals surface area contributed by atoms with E-state index < -0.39 is 21.2 Å². The van der Waals surface area contributed by atoms with Crippen LogP contribution in [0, 0.1) is 0 Å². The highest BCUT2D eigenvalue weighted by atomic mass is 32.2. The Kier molecular flexibility index (Phi) is 3.63. The van der Waals surface area contributed by atoms with Crippen molar-refractivity contribution in [2.24, 2.45) is 0 Å². The fourth-order valence-electron chi connectivity index (χ4n) is 1.72. The Labute approximate surface area is 116 Å². The predicted octanol–water partition coefficient (Wildman–Crippen LogP) is 1.83. The molecule has 106 valence electrons. The first-order valence-electron chi connectivity index (χ1n) is 5.96. The second-order valence-corrected chi connectivity index (χ2v) is 6.89. The standard InChI is InChI=1S/C13H14N2O4S/c1-9(2)20(18,19)15-8-10(7-14-15)11-5-3-4-6-12(11)13(16)17/h3-9H,1-2H3,(H,16,17). The van der Waals surface area contributed by atoms with Gasteiger partial charge in [-0.1, -0.05) is 18.2 Å². The van der Waals surface area contributed by atoms with Crippen LogP contribution in [0.5, 0.6) is 0 Å². The molecular weight excluding hydrogens is 280 g/mol. The number of carbonyl (C=O) groups is 1. The minimum Gasteiger partial charge on any atom is -0.478 e. The fourth-order valence-corrected chi connectivity index (χ4v) is 2.59. The molecule has 0 amide bonds. The second kappa shape index (κ2) is 5.09. The molecule has 7 heteroatoms. The lowest BCUT2D eigenvalue weighted by Gasteiger charge is -2.06. The zero-order valence-electron chi connectivity index (χ0n) is 11.0. The lowest BCUT2D eigenvalue weighted by atomic mass is 10.0. The molecule has 2 rings (SSSR count). The maximum absolute atomic E-state index is 12.0. The van der Waals surface area contributed by atoms with Crippen molar-refractivity contribution in [3.05, 3.63) is 42.2 Å². The van der Waals surface area contributed by atoms with Gasteiger partial charge in [0.1, 0.15) is 0 Å². The smallest absolute Gasteiger partial charge is 0.336 e. The Hall–Kier alpha value is -2.15. The largest absolute Gasteiger partial charge is 0.478 e. The third kappa shape index (κ3) is 2.44. The molecule has 1 N–H and O–H groups in total. The van der Waals surface area contributed by atoms with E-state index in [9.17, 15) is 13.2 Å². The van der Waals surface area contributed by atoms with Crippen LogP contribution in [0.3, 0.4) is 0 Å². The van der Waals surface area contributed by atoms with Gasteiger partial charge < -0.3 is 5.11 Å². The Bertz CT molecular complexity index is 747. The molecule has 1 heterocycles. The van der Waals surface area contributed by atoms with E-state index >= 15 is 0 Å². The van der Waals surface area contributed by atoms with Crippen LogP contribution in [0.2, 0.25) is 0 Å². The number of hydrogen-bond acceptors (Lipinski definition) is 4. The van der Waals surface area contributed by atoms with Gasteiger partial charge in [-0.15, -0.1) is 0 Å². The molecule has 0 saturated heterocycles. The molecule has 0 aliphatic heterocycles. The number of carboxylic acid groups (broad SMARTS) is 1. The lowest BCUT2D eigenvalue weighted by molar-refractivity contribution is 0.0697. The molecule has 1 aromatic heterocycles. The number of rotatable bonds is 4. The lowest BCUT2D eigenvalue weighted by Crippen LogP contribution is -2.22. The summed E-state index contributed by atoms with van der Waals surface area (Å²) in [4.78, 5) is 11.2. The number of aromatic carboxylic acids is 1. The molecule has 0 saturated carbocycles. The van der Waals surface area contributed by atoms with Gasteiger partial charge in [-0.05, 0) is 25.5 Å². The SMILES string of the molecule is CC(C)S(=O)(=O)n1cc(-c2ccccc2C(=O)O)cn1. The molecule has 0 bridgehead atoms. The summed E-state index contributed by atoms with van der Waals surface area (Å²) >= 11 is 0. The van der Waals surface area contributed by atoms with E-state index in [4.69, 9.17) is 5.11 Å². The maximum atomic E-state index is 12.0. The van der Waals surface area contributed by atoms with Crippen molar-refractivity contribution in [3.8, 4) is 11.1 Å². The molecule has 6 nitrogen and oxygen atoms in total. The normalized spacial score (nSPS) is 11.8. The van der Waals surface area contributed by atoms with Gasteiger partial charge in [-0.25, -0.2) is 13.2 Å². The Morgan fingerprint density at radius 3 is 2.55 bits per heavy atom. The first-order valence-corrected chi connectivity index (χ1v) is 7.46. The van der Waals surface area contributed by atoms with Gasteiger partial charge in [0.15, 0.2) is 0 Å². The molecule has 0 unspecified atom stereocenters. The molecule has 0 aliphatic carbocycles. The van der Waals surface area contributed by atoms with Crippen LogP contribution in [0.4, 0.5) is 0 Å². The predicted molar refractivity (Wildman–Crippen MR) is 74.1 cm³/mol. The average Bonchev–Trinajstić information content (AvgIpc) is 2.88. The molecule has 0 fully saturated rings. The second-order valence-electron chi connectivity index (χ2n) is 4.55.